The first kappa shape index (κ1) is 12.5. The van der Waals surface area contributed by atoms with E-state index in [9.17, 15) is 9.18 Å². The van der Waals surface area contributed by atoms with Crippen molar-refractivity contribution in [3.8, 4) is 0 Å². The summed E-state index contributed by atoms with van der Waals surface area (Å²) in [6.45, 7) is 0.215. The molecular weight excluding hydrogens is 211 g/mol. The molecule has 3 nitrogen and oxygen atoms in total. The number of hydrogen-bond donors (Lipinski definition) is 1. The SMILES string of the molecule is O=C(O)OCCCCCc1ccccc1F. The van der Waals surface area contributed by atoms with Crippen LogP contribution in [0.15, 0.2) is 24.3 Å². The Bertz CT molecular complexity index is 339. The molecule has 0 spiro atoms. The van der Waals surface area contributed by atoms with Crippen molar-refractivity contribution in [1.29, 1.82) is 0 Å². The summed E-state index contributed by atoms with van der Waals surface area (Å²) in [7, 11) is 0. The highest BCUT2D eigenvalue weighted by Crippen LogP contribution is 2.10. The predicted molar refractivity (Wildman–Crippen MR) is 57.9 cm³/mol. The van der Waals surface area contributed by atoms with Crippen molar-refractivity contribution in [3.63, 3.8) is 0 Å². The number of carboxylic acid groups (broad SMARTS) is 1. The van der Waals surface area contributed by atoms with E-state index >= 15 is 0 Å². The van der Waals surface area contributed by atoms with Crippen LogP contribution in [0.5, 0.6) is 0 Å². The summed E-state index contributed by atoms with van der Waals surface area (Å²) in [4.78, 5) is 10.0. The predicted octanol–water partition coefficient (Wildman–Crippen LogP) is 3.23. The van der Waals surface area contributed by atoms with Crippen LogP contribution in [0.4, 0.5) is 9.18 Å². The topological polar surface area (TPSA) is 46.5 Å². The Hall–Kier alpha value is -1.58. The smallest absolute Gasteiger partial charge is 0.450 e. The number of rotatable bonds is 6. The lowest BCUT2D eigenvalue weighted by molar-refractivity contribution is 0.0900. The van der Waals surface area contributed by atoms with Crippen molar-refractivity contribution >= 4 is 6.16 Å². The largest absolute Gasteiger partial charge is 0.505 e. The minimum atomic E-state index is -1.24. The second-order valence-corrected chi connectivity index (χ2v) is 3.52. The highest BCUT2D eigenvalue weighted by molar-refractivity contribution is 5.56. The molecule has 0 aliphatic carbocycles. The van der Waals surface area contributed by atoms with Crippen LogP contribution < -0.4 is 0 Å². The van der Waals surface area contributed by atoms with Crippen LogP contribution >= 0.6 is 0 Å². The van der Waals surface area contributed by atoms with Gasteiger partial charge in [0.15, 0.2) is 0 Å². The molecule has 0 aromatic heterocycles. The molecule has 1 aromatic rings. The van der Waals surface area contributed by atoms with Gasteiger partial charge in [-0.05, 0) is 37.3 Å². The average molecular weight is 226 g/mol. The third-order valence-corrected chi connectivity index (χ3v) is 2.27. The first-order valence-corrected chi connectivity index (χ1v) is 5.29. The molecule has 0 amide bonds. The molecule has 0 fully saturated rings. The van der Waals surface area contributed by atoms with Gasteiger partial charge in [0.25, 0.3) is 0 Å². The Balaban J connectivity index is 2.12. The van der Waals surface area contributed by atoms with E-state index in [4.69, 9.17) is 5.11 Å². The number of ether oxygens (including phenoxy) is 1. The summed E-state index contributed by atoms with van der Waals surface area (Å²) in [5.74, 6) is -0.177. The Labute approximate surface area is 93.9 Å². The fourth-order valence-corrected chi connectivity index (χ4v) is 1.45. The summed E-state index contributed by atoms with van der Waals surface area (Å²) in [6.07, 6.45) is 1.79. The minimum absolute atomic E-state index is 0.177. The molecule has 0 aliphatic heterocycles. The first-order chi connectivity index (χ1) is 7.70. The molecule has 1 aromatic carbocycles. The third-order valence-electron chi connectivity index (χ3n) is 2.27. The summed E-state index contributed by atoms with van der Waals surface area (Å²) in [5, 5.41) is 8.21. The van der Waals surface area contributed by atoms with Gasteiger partial charge in [0.05, 0.1) is 6.61 Å². The Morgan fingerprint density at radius 2 is 2.00 bits per heavy atom. The van der Waals surface area contributed by atoms with E-state index in [0.29, 0.717) is 18.4 Å². The zero-order valence-electron chi connectivity index (χ0n) is 8.99. The molecule has 4 heteroatoms. The fourth-order valence-electron chi connectivity index (χ4n) is 1.45. The molecule has 16 heavy (non-hydrogen) atoms. The summed E-state index contributed by atoms with van der Waals surface area (Å²) in [5.41, 5.74) is 0.710. The van der Waals surface area contributed by atoms with E-state index in [0.717, 1.165) is 12.8 Å². The molecular formula is C12H15FO3. The van der Waals surface area contributed by atoms with Crippen LogP contribution in [0.1, 0.15) is 24.8 Å². The summed E-state index contributed by atoms with van der Waals surface area (Å²) in [6, 6.07) is 6.69. The van der Waals surface area contributed by atoms with Gasteiger partial charge in [-0.3, -0.25) is 0 Å². The zero-order chi connectivity index (χ0) is 11.8. The molecule has 0 saturated carbocycles. The maximum Gasteiger partial charge on any atom is 0.505 e. The molecule has 0 aliphatic rings. The van der Waals surface area contributed by atoms with Gasteiger partial charge in [0.1, 0.15) is 5.82 Å². The normalized spacial score (nSPS) is 10.1. The molecule has 0 bridgehead atoms. The molecule has 88 valence electrons. The average Bonchev–Trinajstić information content (AvgIpc) is 2.25. The van der Waals surface area contributed by atoms with Crippen molar-refractivity contribution < 1.29 is 19.0 Å². The van der Waals surface area contributed by atoms with Crippen LogP contribution in [-0.4, -0.2) is 17.9 Å². The van der Waals surface area contributed by atoms with Gasteiger partial charge in [-0.15, -0.1) is 0 Å². The lowest BCUT2D eigenvalue weighted by Gasteiger charge is -2.03. The van der Waals surface area contributed by atoms with Gasteiger partial charge in [-0.1, -0.05) is 18.2 Å². The quantitative estimate of drug-likeness (QED) is 0.598. The van der Waals surface area contributed by atoms with Crippen LogP contribution in [0, 0.1) is 5.82 Å². The molecule has 1 N–H and O–H groups in total. The van der Waals surface area contributed by atoms with Crippen LogP contribution in [-0.2, 0) is 11.2 Å². The van der Waals surface area contributed by atoms with Gasteiger partial charge in [0, 0.05) is 0 Å². The van der Waals surface area contributed by atoms with Crippen molar-refractivity contribution in [2.45, 2.75) is 25.7 Å². The summed E-state index contributed by atoms with van der Waals surface area (Å²) < 4.78 is 17.5. The van der Waals surface area contributed by atoms with Crippen LogP contribution in [0.25, 0.3) is 0 Å². The van der Waals surface area contributed by atoms with E-state index in [2.05, 4.69) is 4.74 Å². The molecule has 0 atom stereocenters. The summed E-state index contributed by atoms with van der Waals surface area (Å²) >= 11 is 0. The highest BCUT2D eigenvalue weighted by atomic mass is 19.1. The number of unbranched alkanes of at least 4 members (excludes halogenated alkanes) is 2. The van der Waals surface area contributed by atoms with Crippen molar-refractivity contribution in [2.24, 2.45) is 0 Å². The number of benzene rings is 1. The monoisotopic (exact) mass is 226 g/mol. The standard InChI is InChI=1S/C12H15FO3/c13-11-8-4-3-7-10(11)6-2-1-5-9-16-12(14)15/h3-4,7-8H,1-2,5-6,9H2,(H,14,15). The highest BCUT2D eigenvalue weighted by Gasteiger charge is 2.00. The van der Waals surface area contributed by atoms with E-state index in [-0.39, 0.29) is 12.4 Å². The number of carbonyl (C=O) groups is 1. The molecule has 0 saturated heterocycles. The van der Waals surface area contributed by atoms with Crippen LogP contribution in [0.3, 0.4) is 0 Å². The van der Waals surface area contributed by atoms with Gasteiger partial charge in [-0.25, -0.2) is 9.18 Å². The van der Waals surface area contributed by atoms with E-state index in [1.54, 1.807) is 12.1 Å². The lowest BCUT2D eigenvalue weighted by Crippen LogP contribution is -2.01. The van der Waals surface area contributed by atoms with Crippen molar-refractivity contribution in [1.82, 2.24) is 0 Å². The number of halogens is 1. The third kappa shape index (κ3) is 4.77. The van der Waals surface area contributed by atoms with Crippen LogP contribution in [0.2, 0.25) is 0 Å². The van der Waals surface area contributed by atoms with Gasteiger partial charge in [-0.2, -0.15) is 0 Å². The molecule has 0 unspecified atom stereocenters. The molecule has 0 heterocycles. The number of hydrogen-bond acceptors (Lipinski definition) is 2. The van der Waals surface area contributed by atoms with Crippen molar-refractivity contribution in [2.75, 3.05) is 6.61 Å². The maximum absolute atomic E-state index is 13.2. The molecule has 1 rings (SSSR count). The van der Waals surface area contributed by atoms with E-state index < -0.39 is 6.16 Å². The number of aryl methyl sites for hydroxylation is 1. The zero-order valence-corrected chi connectivity index (χ0v) is 8.99. The second-order valence-electron chi connectivity index (χ2n) is 3.52. The van der Waals surface area contributed by atoms with E-state index in [1.807, 2.05) is 6.07 Å². The fraction of sp³-hybridized carbons (Fsp3) is 0.417. The second kappa shape index (κ2) is 6.82. The maximum atomic E-state index is 13.2. The first-order valence-electron chi connectivity index (χ1n) is 5.29. The minimum Gasteiger partial charge on any atom is -0.450 e. The molecule has 0 radical (unpaired) electrons. The van der Waals surface area contributed by atoms with Gasteiger partial charge < -0.3 is 9.84 Å². The Morgan fingerprint density at radius 1 is 1.25 bits per heavy atom. The lowest BCUT2D eigenvalue weighted by atomic mass is 10.1. The van der Waals surface area contributed by atoms with Gasteiger partial charge >= 0.3 is 6.16 Å². The Kier molecular flexibility index (Phi) is 5.32. The van der Waals surface area contributed by atoms with Crippen molar-refractivity contribution in [3.05, 3.63) is 35.6 Å². The van der Waals surface area contributed by atoms with Gasteiger partial charge in [0.2, 0.25) is 0 Å². The van der Waals surface area contributed by atoms with E-state index in [1.165, 1.54) is 6.07 Å². The Morgan fingerprint density at radius 3 is 2.69 bits per heavy atom.